The van der Waals surface area contributed by atoms with Crippen molar-refractivity contribution >= 4 is 33.2 Å². The Morgan fingerprint density at radius 3 is 2.47 bits per heavy atom. The van der Waals surface area contributed by atoms with Gasteiger partial charge in [0, 0.05) is 13.1 Å². The molecule has 3 rings (SSSR count). The minimum atomic E-state index is 0.208. The lowest BCUT2D eigenvalue weighted by Gasteiger charge is -2.44. The van der Waals surface area contributed by atoms with E-state index in [1.165, 1.54) is 37.0 Å². The summed E-state index contributed by atoms with van der Waals surface area (Å²) < 4.78 is 1.03. The third kappa shape index (κ3) is 2.88. The van der Waals surface area contributed by atoms with Crippen molar-refractivity contribution in [2.75, 3.05) is 26.2 Å². The van der Waals surface area contributed by atoms with E-state index in [9.17, 15) is 4.79 Å². The fourth-order valence-electron chi connectivity index (χ4n) is 3.23. The maximum absolute atomic E-state index is 12.4. The van der Waals surface area contributed by atoms with Gasteiger partial charge in [0.15, 0.2) is 0 Å². The van der Waals surface area contributed by atoms with Gasteiger partial charge in [-0.3, -0.25) is 4.79 Å². The summed E-state index contributed by atoms with van der Waals surface area (Å²) in [6.07, 6.45) is 4.90. The van der Waals surface area contributed by atoms with E-state index in [4.69, 9.17) is 0 Å². The van der Waals surface area contributed by atoms with Crippen molar-refractivity contribution in [3.8, 4) is 0 Å². The molecule has 1 spiro atoms. The van der Waals surface area contributed by atoms with E-state index in [1.807, 2.05) is 17.0 Å². The number of rotatable bonds is 1. The number of carbonyl (C=O) groups is 1. The van der Waals surface area contributed by atoms with Crippen molar-refractivity contribution in [3.63, 3.8) is 0 Å². The van der Waals surface area contributed by atoms with Gasteiger partial charge in [0.25, 0.3) is 5.91 Å². The molecule has 1 amide bonds. The zero-order chi connectivity index (χ0) is 13.3. The number of amides is 1. The molecule has 1 aromatic rings. The van der Waals surface area contributed by atoms with E-state index in [1.54, 1.807) is 0 Å². The number of piperidine rings is 2. The third-order valence-electron chi connectivity index (χ3n) is 4.56. The van der Waals surface area contributed by atoms with E-state index in [2.05, 4.69) is 21.2 Å². The zero-order valence-electron chi connectivity index (χ0n) is 11.0. The van der Waals surface area contributed by atoms with Crippen molar-refractivity contribution in [1.82, 2.24) is 10.2 Å². The predicted molar refractivity (Wildman–Crippen MR) is 81.7 cm³/mol. The Bertz CT molecular complexity index is 458. The number of nitrogens with zero attached hydrogens (tertiary/aromatic N) is 1. The quantitative estimate of drug-likeness (QED) is 0.850. The Labute approximate surface area is 126 Å². The van der Waals surface area contributed by atoms with Gasteiger partial charge >= 0.3 is 0 Å². The molecular weight excluding hydrogens is 324 g/mol. The number of carbonyl (C=O) groups excluding carboxylic acids is 1. The van der Waals surface area contributed by atoms with Crippen LogP contribution in [-0.2, 0) is 0 Å². The fourth-order valence-corrected chi connectivity index (χ4v) is 4.58. The van der Waals surface area contributed by atoms with E-state index < -0.39 is 0 Å². The molecule has 3 heterocycles. The van der Waals surface area contributed by atoms with Crippen LogP contribution in [0.15, 0.2) is 15.9 Å². The highest BCUT2D eigenvalue weighted by Gasteiger charge is 2.36. The molecule has 0 bridgehead atoms. The molecule has 0 saturated carbocycles. The van der Waals surface area contributed by atoms with Crippen molar-refractivity contribution in [2.24, 2.45) is 5.41 Å². The summed E-state index contributed by atoms with van der Waals surface area (Å²) >= 11 is 4.95. The topological polar surface area (TPSA) is 32.3 Å². The normalized spacial score (nSPS) is 22.7. The highest BCUT2D eigenvalue weighted by molar-refractivity contribution is 9.11. The van der Waals surface area contributed by atoms with Crippen LogP contribution in [0.5, 0.6) is 0 Å². The lowest BCUT2D eigenvalue weighted by molar-refractivity contribution is 0.0500. The van der Waals surface area contributed by atoms with Gasteiger partial charge in [-0.15, -0.1) is 11.3 Å². The van der Waals surface area contributed by atoms with Crippen LogP contribution in [0.3, 0.4) is 0 Å². The van der Waals surface area contributed by atoms with E-state index >= 15 is 0 Å². The summed E-state index contributed by atoms with van der Waals surface area (Å²) in [5.41, 5.74) is 0.512. The molecule has 104 valence electrons. The van der Waals surface area contributed by atoms with Crippen LogP contribution in [-0.4, -0.2) is 37.0 Å². The maximum atomic E-state index is 12.4. The summed E-state index contributed by atoms with van der Waals surface area (Å²) in [7, 11) is 0. The molecule has 3 nitrogen and oxygen atoms in total. The molecule has 2 saturated heterocycles. The number of hydrogen-bond acceptors (Lipinski definition) is 3. The van der Waals surface area contributed by atoms with Crippen LogP contribution in [0.25, 0.3) is 0 Å². The maximum Gasteiger partial charge on any atom is 0.263 e. The second-order valence-corrected chi connectivity index (χ2v) is 8.11. The van der Waals surface area contributed by atoms with Crippen molar-refractivity contribution < 1.29 is 4.79 Å². The lowest BCUT2D eigenvalue weighted by atomic mass is 9.71. The molecule has 1 aromatic heterocycles. The van der Waals surface area contributed by atoms with Crippen LogP contribution >= 0.6 is 27.3 Å². The van der Waals surface area contributed by atoms with Crippen LogP contribution in [0, 0.1) is 5.41 Å². The summed E-state index contributed by atoms with van der Waals surface area (Å²) in [6, 6.07) is 3.88. The van der Waals surface area contributed by atoms with Gasteiger partial charge in [0.2, 0.25) is 0 Å². The van der Waals surface area contributed by atoms with Gasteiger partial charge in [0.05, 0.1) is 8.66 Å². The molecule has 0 aliphatic carbocycles. The first-order chi connectivity index (χ1) is 9.19. The minimum Gasteiger partial charge on any atom is -0.338 e. The number of likely N-dealkylation sites (tertiary alicyclic amines) is 1. The van der Waals surface area contributed by atoms with Crippen molar-refractivity contribution in [1.29, 1.82) is 0 Å². The first-order valence-electron chi connectivity index (χ1n) is 6.94. The van der Waals surface area contributed by atoms with E-state index in [-0.39, 0.29) is 5.91 Å². The summed E-state index contributed by atoms with van der Waals surface area (Å²) in [5.74, 6) is 0.208. The largest absolute Gasteiger partial charge is 0.338 e. The molecule has 1 N–H and O–H groups in total. The number of thiophene rings is 1. The monoisotopic (exact) mass is 342 g/mol. The molecule has 2 fully saturated rings. The van der Waals surface area contributed by atoms with Gasteiger partial charge in [-0.05, 0) is 72.3 Å². The smallest absolute Gasteiger partial charge is 0.263 e. The first-order valence-corrected chi connectivity index (χ1v) is 8.55. The summed E-state index contributed by atoms with van der Waals surface area (Å²) in [4.78, 5) is 15.3. The Kier molecular flexibility index (Phi) is 3.96. The zero-order valence-corrected chi connectivity index (χ0v) is 13.4. The van der Waals surface area contributed by atoms with Crippen LogP contribution in [0.2, 0.25) is 0 Å². The third-order valence-corrected chi connectivity index (χ3v) is 6.17. The molecule has 0 unspecified atom stereocenters. The molecule has 19 heavy (non-hydrogen) atoms. The van der Waals surface area contributed by atoms with Gasteiger partial charge in [-0.2, -0.15) is 0 Å². The average Bonchev–Trinajstić information content (AvgIpc) is 2.87. The SMILES string of the molecule is O=C(c1ccc(Br)s1)N1CCC2(CCNCC2)CC1. The van der Waals surface area contributed by atoms with Gasteiger partial charge < -0.3 is 10.2 Å². The molecular formula is C14H19BrN2OS. The van der Waals surface area contributed by atoms with Gasteiger partial charge in [0.1, 0.15) is 0 Å². The Morgan fingerprint density at radius 2 is 1.89 bits per heavy atom. The first kappa shape index (κ1) is 13.6. The summed E-state index contributed by atoms with van der Waals surface area (Å²) in [5, 5.41) is 3.43. The molecule has 0 radical (unpaired) electrons. The highest BCUT2D eigenvalue weighted by atomic mass is 79.9. The number of nitrogens with one attached hydrogen (secondary N) is 1. The fraction of sp³-hybridized carbons (Fsp3) is 0.643. The molecule has 2 aliphatic heterocycles. The van der Waals surface area contributed by atoms with E-state index in [0.717, 1.165) is 34.8 Å². The Balaban J connectivity index is 1.62. The molecule has 0 atom stereocenters. The standard InChI is InChI=1S/C14H19BrN2OS/c15-12-2-1-11(19-12)13(18)17-9-5-14(6-10-17)3-7-16-8-4-14/h1-2,16H,3-10H2. The highest BCUT2D eigenvalue weighted by Crippen LogP contribution is 2.40. The number of halogens is 1. The number of hydrogen-bond donors (Lipinski definition) is 1. The predicted octanol–water partition coefficient (Wildman–Crippen LogP) is 3.12. The Hall–Kier alpha value is -0.390. The molecule has 2 aliphatic rings. The second-order valence-electron chi connectivity index (χ2n) is 5.65. The molecule has 0 aromatic carbocycles. The molecule has 5 heteroatoms. The van der Waals surface area contributed by atoms with Gasteiger partial charge in [-0.25, -0.2) is 0 Å². The van der Waals surface area contributed by atoms with Crippen LogP contribution in [0.1, 0.15) is 35.4 Å². The Morgan fingerprint density at radius 1 is 1.21 bits per heavy atom. The average molecular weight is 343 g/mol. The van der Waals surface area contributed by atoms with Crippen LogP contribution < -0.4 is 5.32 Å². The second kappa shape index (κ2) is 5.54. The van der Waals surface area contributed by atoms with Crippen LogP contribution in [0.4, 0.5) is 0 Å². The van der Waals surface area contributed by atoms with E-state index in [0.29, 0.717) is 5.41 Å². The van der Waals surface area contributed by atoms with Crippen molar-refractivity contribution in [2.45, 2.75) is 25.7 Å². The lowest BCUT2D eigenvalue weighted by Crippen LogP contribution is -2.47. The van der Waals surface area contributed by atoms with Gasteiger partial charge in [-0.1, -0.05) is 0 Å². The minimum absolute atomic E-state index is 0.208. The van der Waals surface area contributed by atoms with Crippen molar-refractivity contribution in [3.05, 3.63) is 20.8 Å². The summed E-state index contributed by atoms with van der Waals surface area (Å²) in [6.45, 7) is 4.14.